The highest BCUT2D eigenvalue weighted by molar-refractivity contribution is 7.99. The second-order valence-electron chi connectivity index (χ2n) is 8.46. The number of hydrogen-bond acceptors (Lipinski definition) is 6. The van der Waals surface area contributed by atoms with Gasteiger partial charge in [-0.15, -0.1) is 11.8 Å². The van der Waals surface area contributed by atoms with E-state index in [2.05, 4.69) is 46.3 Å². The van der Waals surface area contributed by atoms with E-state index in [0.717, 1.165) is 56.1 Å². The predicted molar refractivity (Wildman–Crippen MR) is 135 cm³/mol. The number of nitrogens with one attached hydrogen (secondary N) is 1. The number of piperazine rings is 1. The van der Waals surface area contributed by atoms with Crippen molar-refractivity contribution < 1.29 is 8.42 Å². The SMILES string of the molecule is CCCN1CCN(CC[C@H](CSc2ccccc2)Nc2ccc(S(N)(=O)=O)cc2C)CC1. The Morgan fingerprint density at radius 1 is 1.03 bits per heavy atom. The third-order valence-electron chi connectivity index (χ3n) is 5.88. The van der Waals surface area contributed by atoms with Gasteiger partial charge in [-0.05, 0) is 62.2 Å². The molecule has 2 aromatic carbocycles. The summed E-state index contributed by atoms with van der Waals surface area (Å²) >= 11 is 1.85. The minimum absolute atomic E-state index is 0.153. The van der Waals surface area contributed by atoms with Crippen molar-refractivity contribution in [3.63, 3.8) is 0 Å². The molecule has 8 heteroatoms. The fourth-order valence-electron chi connectivity index (χ4n) is 4.00. The van der Waals surface area contributed by atoms with Crippen molar-refractivity contribution in [2.75, 3.05) is 50.3 Å². The summed E-state index contributed by atoms with van der Waals surface area (Å²) in [6.45, 7) is 11.0. The maximum Gasteiger partial charge on any atom is 0.238 e. The van der Waals surface area contributed by atoms with Gasteiger partial charge in [0.1, 0.15) is 0 Å². The van der Waals surface area contributed by atoms with E-state index in [9.17, 15) is 8.42 Å². The average Bonchev–Trinajstić information content (AvgIpc) is 2.78. The quantitative estimate of drug-likeness (QED) is 0.482. The van der Waals surface area contributed by atoms with E-state index in [-0.39, 0.29) is 10.9 Å². The molecule has 0 aliphatic carbocycles. The highest BCUT2D eigenvalue weighted by Crippen LogP contribution is 2.24. The van der Waals surface area contributed by atoms with Gasteiger partial charge in [-0.25, -0.2) is 13.6 Å². The van der Waals surface area contributed by atoms with E-state index >= 15 is 0 Å². The van der Waals surface area contributed by atoms with Crippen LogP contribution in [0.15, 0.2) is 58.3 Å². The van der Waals surface area contributed by atoms with E-state index in [1.165, 1.54) is 17.9 Å². The smallest absolute Gasteiger partial charge is 0.238 e. The van der Waals surface area contributed by atoms with Crippen LogP contribution in [0, 0.1) is 6.92 Å². The lowest BCUT2D eigenvalue weighted by Crippen LogP contribution is -2.47. The molecule has 0 unspecified atom stereocenters. The van der Waals surface area contributed by atoms with Gasteiger partial charge in [0.25, 0.3) is 0 Å². The lowest BCUT2D eigenvalue weighted by Gasteiger charge is -2.35. The van der Waals surface area contributed by atoms with E-state index in [0.29, 0.717) is 0 Å². The first kappa shape index (κ1) is 25.1. The summed E-state index contributed by atoms with van der Waals surface area (Å²) in [4.78, 5) is 6.52. The molecule has 1 atom stereocenters. The molecule has 1 aliphatic rings. The molecule has 2 aromatic rings. The van der Waals surface area contributed by atoms with Gasteiger partial charge in [0, 0.05) is 55.1 Å². The van der Waals surface area contributed by atoms with Crippen molar-refractivity contribution >= 4 is 27.5 Å². The molecule has 6 nitrogen and oxygen atoms in total. The van der Waals surface area contributed by atoms with Gasteiger partial charge in [-0.2, -0.15) is 0 Å². The maximum absolute atomic E-state index is 11.7. The van der Waals surface area contributed by atoms with E-state index in [1.54, 1.807) is 12.1 Å². The fourth-order valence-corrected chi connectivity index (χ4v) is 5.59. The number of anilines is 1. The van der Waals surface area contributed by atoms with Crippen LogP contribution in [0.4, 0.5) is 5.69 Å². The molecule has 0 spiro atoms. The first-order valence-electron chi connectivity index (χ1n) is 11.4. The van der Waals surface area contributed by atoms with Gasteiger partial charge < -0.3 is 15.1 Å². The molecular formula is C24H36N4O2S2. The molecule has 0 radical (unpaired) electrons. The Balaban J connectivity index is 1.63. The highest BCUT2D eigenvalue weighted by atomic mass is 32.2. The van der Waals surface area contributed by atoms with Crippen LogP contribution in [0.5, 0.6) is 0 Å². The van der Waals surface area contributed by atoms with Crippen LogP contribution in [0.25, 0.3) is 0 Å². The standard InChI is InChI=1S/C24H36N4O2S2/c1-3-12-27-14-16-28(17-15-27)13-11-21(19-31-22-7-5-4-6-8-22)26-24-10-9-23(18-20(24)2)32(25,29)30/h4-10,18,21,26H,3,11-17,19H2,1-2H3,(H2,25,29,30)/t21-/m1/s1. The number of thioether (sulfide) groups is 1. The molecule has 0 amide bonds. The van der Waals surface area contributed by atoms with Crippen molar-refractivity contribution in [2.24, 2.45) is 5.14 Å². The Kier molecular flexibility index (Phi) is 9.43. The monoisotopic (exact) mass is 476 g/mol. The third kappa shape index (κ3) is 7.78. The first-order valence-corrected chi connectivity index (χ1v) is 13.9. The third-order valence-corrected chi connectivity index (χ3v) is 7.96. The van der Waals surface area contributed by atoms with Crippen LogP contribution in [0.2, 0.25) is 0 Å². The molecule has 3 rings (SSSR count). The van der Waals surface area contributed by atoms with Crippen molar-refractivity contribution in [1.82, 2.24) is 9.80 Å². The molecule has 1 aliphatic heterocycles. The summed E-state index contributed by atoms with van der Waals surface area (Å²) in [7, 11) is -3.69. The van der Waals surface area contributed by atoms with Gasteiger partial charge in [-0.1, -0.05) is 25.1 Å². The van der Waals surface area contributed by atoms with Crippen LogP contribution in [-0.4, -0.2) is 69.3 Å². The van der Waals surface area contributed by atoms with Crippen LogP contribution in [0.3, 0.4) is 0 Å². The second kappa shape index (κ2) is 12.0. The molecule has 1 saturated heterocycles. The van der Waals surface area contributed by atoms with E-state index in [1.807, 2.05) is 30.8 Å². The van der Waals surface area contributed by atoms with Gasteiger partial charge in [0.05, 0.1) is 4.90 Å². The van der Waals surface area contributed by atoms with Gasteiger partial charge in [0.15, 0.2) is 0 Å². The van der Waals surface area contributed by atoms with E-state index < -0.39 is 10.0 Å². The van der Waals surface area contributed by atoms with Gasteiger partial charge >= 0.3 is 0 Å². The number of nitrogens with zero attached hydrogens (tertiary/aromatic N) is 2. The zero-order valence-corrected chi connectivity index (χ0v) is 20.8. The number of primary sulfonamides is 1. The van der Waals surface area contributed by atoms with Crippen molar-refractivity contribution in [3.05, 3.63) is 54.1 Å². The largest absolute Gasteiger partial charge is 0.381 e. The molecule has 32 heavy (non-hydrogen) atoms. The normalized spacial score (nSPS) is 16.7. The highest BCUT2D eigenvalue weighted by Gasteiger charge is 2.19. The molecular weight excluding hydrogens is 440 g/mol. The Bertz CT molecular complexity index is 946. The number of aryl methyl sites for hydroxylation is 1. The number of benzene rings is 2. The summed E-state index contributed by atoms with van der Waals surface area (Å²) in [6.07, 6.45) is 2.25. The van der Waals surface area contributed by atoms with Crippen LogP contribution in [-0.2, 0) is 10.0 Å². The van der Waals surface area contributed by atoms with Crippen LogP contribution < -0.4 is 10.5 Å². The van der Waals surface area contributed by atoms with Gasteiger partial charge in [0.2, 0.25) is 10.0 Å². The van der Waals surface area contributed by atoms with Gasteiger partial charge in [-0.3, -0.25) is 0 Å². The summed E-state index contributed by atoms with van der Waals surface area (Å²) < 4.78 is 23.3. The minimum atomic E-state index is -3.69. The average molecular weight is 477 g/mol. The second-order valence-corrected chi connectivity index (χ2v) is 11.1. The first-order chi connectivity index (χ1) is 15.3. The summed E-state index contributed by atoms with van der Waals surface area (Å²) in [6, 6.07) is 15.8. The molecule has 0 saturated carbocycles. The van der Waals surface area contributed by atoms with Crippen LogP contribution in [0.1, 0.15) is 25.3 Å². The molecule has 176 valence electrons. The molecule has 3 N–H and O–H groups in total. The predicted octanol–water partition coefficient (Wildman–Crippen LogP) is 3.63. The Morgan fingerprint density at radius 2 is 1.69 bits per heavy atom. The number of rotatable bonds is 11. The van der Waals surface area contributed by atoms with Crippen LogP contribution >= 0.6 is 11.8 Å². The van der Waals surface area contributed by atoms with E-state index in [4.69, 9.17) is 5.14 Å². The van der Waals surface area contributed by atoms with Crippen molar-refractivity contribution in [3.8, 4) is 0 Å². The van der Waals surface area contributed by atoms with Crippen molar-refractivity contribution in [2.45, 2.75) is 42.5 Å². The Morgan fingerprint density at radius 3 is 2.28 bits per heavy atom. The van der Waals surface area contributed by atoms with Crippen molar-refractivity contribution in [1.29, 1.82) is 0 Å². The zero-order valence-electron chi connectivity index (χ0n) is 19.2. The Hall–Kier alpha value is -1.58. The maximum atomic E-state index is 11.7. The molecule has 0 aromatic heterocycles. The summed E-state index contributed by atoms with van der Waals surface area (Å²) in [5.74, 6) is 0.941. The topological polar surface area (TPSA) is 78.7 Å². The summed E-state index contributed by atoms with van der Waals surface area (Å²) in [5, 5.41) is 8.96. The molecule has 1 fully saturated rings. The lowest BCUT2D eigenvalue weighted by atomic mass is 10.1. The zero-order chi connectivity index (χ0) is 23.0. The number of nitrogens with two attached hydrogens (primary N) is 1. The number of hydrogen-bond donors (Lipinski definition) is 2. The fraction of sp³-hybridized carbons (Fsp3) is 0.500. The minimum Gasteiger partial charge on any atom is -0.381 e. The Labute approximate surface area is 197 Å². The lowest BCUT2D eigenvalue weighted by molar-refractivity contribution is 0.131. The molecule has 1 heterocycles. The number of sulfonamides is 1. The molecule has 0 bridgehead atoms. The summed E-state index contributed by atoms with van der Waals surface area (Å²) in [5.41, 5.74) is 1.85.